The SMILES string of the molecule is CC(=O)N[C@@H](Cc1c[nH]c2ccccc12)C(=O)OCC(=O)Nc1ccc(C)cc1Cl. The summed E-state index contributed by atoms with van der Waals surface area (Å²) < 4.78 is 5.14. The van der Waals surface area contributed by atoms with Crippen molar-refractivity contribution >= 4 is 46.0 Å². The van der Waals surface area contributed by atoms with Crippen LogP contribution in [-0.4, -0.2) is 35.4 Å². The lowest BCUT2D eigenvalue weighted by Crippen LogP contribution is -2.43. The number of fused-ring (bicyclic) bond motifs is 1. The van der Waals surface area contributed by atoms with E-state index in [1.54, 1.807) is 18.3 Å². The molecule has 1 aromatic heterocycles. The first-order valence-corrected chi connectivity index (χ1v) is 9.76. The highest BCUT2D eigenvalue weighted by atomic mass is 35.5. The standard InChI is InChI=1S/C22H22ClN3O4/c1-13-7-8-19(17(23)9-13)26-21(28)12-30-22(29)20(25-14(2)27)10-15-11-24-18-6-4-3-5-16(15)18/h3-9,11,20,24H,10,12H2,1-2H3,(H,25,27)(H,26,28)/t20-/m0/s1. The molecule has 0 aliphatic carbocycles. The normalized spacial score (nSPS) is 11.7. The molecule has 30 heavy (non-hydrogen) atoms. The highest BCUT2D eigenvalue weighted by molar-refractivity contribution is 6.33. The first kappa shape index (κ1) is 21.4. The fraction of sp³-hybridized carbons (Fsp3) is 0.227. The van der Waals surface area contributed by atoms with E-state index in [-0.39, 0.29) is 12.3 Å². The van der Waals surface area contributed by atoms with Gasteiger partial charge in [0.25, 0.3) is 5.91 Å². The lowest BCUT2D eigenvalue weighted by molar-refractivity contribution is -0.150. The maximum atomic E-state index is 12.6. The van der Waals surface area contributed by atoms with Gasteiger partial charge in [0.05, 0.1) is 10.7 Å². The minimum absolute atomic E-state index is 0.230. The van der Waals surface area contributed by atoms with Gasteiger partial charge in [-0.3, -0.25) is 9.59 Å². The summed E-state index contributed by atoms with van der Waals surface area (Å²) in [6.45, 7) is 2.71. The summed E-state index contributed by atoms with van der Waals surface area (Å²) >= 11 is 6.10. The smallest absolute Gasteiger partial charge is 0.329 e. The molecular weight excluding hydrogens is 406 g/mol. The molecule has 1 heterocycles. The number of aromatic amines is 1. The van der Waals surface area contributed by atoms with Gasteiger partial charge in [-0.25, -0.2) is 4.79 Å². The van der Waals surface area contributed by atoms with E-state index in [9.17, 15) is 14.4 Å². The molecule has 0 fully saturated rings. The third kappa shape index (κ3) is 5.39. The molecule has 2 amide bonds. The minimum Gasteiger partial charge on any atom is -0.454 e. The quantitative estimate of drug-likeness (QED) is 0.503. The Kier molecular flexibility index (Phi) is 6.74. The van der Waals surface area contributed by atoms with E-state index in [0.29, 0.717) is 10.7 Å². The van der Waals surface area contributed by atoms with Crippen molar-refractivity contribution in [3.05, 3.63) is 64.8 Å². The fourth-order valence-corrected chi connectivity index (χ4v) is 3.39. The summed E-state index contributed by atoms with van der Waals surface area (Å²) in [5.41, 5.74) is 3.18. The number of hydrogen-bond acceptors (Lipinski definition) is 4. The van der Waals surface area contributed by atoms with Gasteiger partial charge in [0.2, 0.25) is 5.91 Å². The number of esters is 1. The molecular formula is C22H22ClN3O4. The predicted octanol–water partition coefficient (Wildman–Crippen LogP) is 3.36. The van der Waals surface area contributed by atoms with E-state index in [1.165, 1.54) is 6.92 Å². The number of amides is 2. The van der Waals surface area contributed by atoms with Crippen molar-refractivity contribution in [2.45, 2.75) is 26.3 Å². The maximum absolute atomic E-state index is 12.6. The summed E-state index contributed by atoms with van der Waals surface area (Å²) in [5.74, 6) is -1.59. The molecule has 0 unspecified atom stereocenters. The van der Waals surface area contributed by atoms with Gasteiger partial charge >= 0.3 is 5.97 Å². The van der Waals surface area contributed by atoms with Crippen LogP contribution in [0.1, 0.15) is 18.1 Å². The number of rotatable bonds is 7. The van der Waals surface area contributed by atoms with Crippen LogP contribution in [0.25, 0.3) is 10.9 Å². The second-order valence-corrected chi connectivity index (χ2v) is 7.36. The zero-order chi connectivity index (χ0) is 21.7. The van der Waals surface area contributed by atoms with E-state index in [0.717, 1.165) is 22.0 Å². The Morgan fingerprint density at radius 2 is 1.93 bits per heavy atom. The van der Waals surface area contributed by atoms with Crippen molar-refractivity contribution in [1.29, 1.82) is 0 Å². The van der Waals surface area contributed by atoms with Gasteiger partial charge in [-0.1, -0.05) is 35.9 Å². The number of carbonyl (C=O) groups is 3. The molecule has 0 radical (unpaired) electrons. The summed E-state index contributed by atoms with van der Waals surface area (Å²) in [6.07, 6.45) is 2.02. The average Bonchev–Trinajstić information content (AvgIpc) is 3.10. The fourth-order valence-electron chi connectivity index (χ4n) is 3.10. The topological polar surface area (TPSA) is 100 Å². The van der Waals surface area contributed by atoms with Crippen LogP contribution in [0.4, 0.5) is 5.69 Å². The number of carbonyl (C=O) groups excluding carboxylic acids is 3. The Hall–Kier alpha value is -3.32. The number of anilines is 1. The molecule has 3 aromatic rings. The van der Waals surface area contributed by atoms with Gasteiger partial charge in [0.1, 0.15) is 6.04 Å². The molecule has 0 aliphatic rings. The maximum Gasteiger partial charge on any atom is 0.329 e. The number of para-hydroxylation sites is 1. The van der Waals surface area contributed by atoms with E-state index in [4.69, 9.17) is 16.3 Å². The zero-order valence-corrected chi connectivity index (χ0v) is 17.4. The Bertz CT molecular complexity index is 1090. The van der Waals surface area contributed by atoms with Crippen molar-refractivity contribution in [1.82, 2.24) is 10.3 Å². The number of aromatic nitrogens is 1. The molecule has 2 aromatic carbocycles. The number of benzene rings is 2. The second-order valence-electron chi connectivity index (χ2n) is 6.96. The lowest BCUT2D eigenvalue weighted by Gasteiger charge is -2.16. The largest absolute Gasteiger partial charge is 0.454 e. The van der Waals surface area contributed by atoms with Crippen molar-refractivity contribution in [3.63, 3.8) is 0 Å². The van der Waals surface area contributed by atoms with Crippen LogP contribution >= 0.6 is 11.6 Å². The van der Waals surface area contributed by atoms with Gasteiger partial charge in [0.15, 0.2) is 6.61 Å². The lowest BCUT2D eigenvalue weighted by atomic mass is 10.0. The number of halogens is 1. The molecule has 0 spiro atoms. The summed E-state index contributed by atoms with van der Waals surface area (Å²) in [5, 5.41) is 6.54. The first-order chi connectivity index (χ1) is 14.3. The zero-order valence-electron chi connectivity index (χ0n) is 16.6. The Morgan fingerprint density at radius 1 is 1.17 bits per heavy atom. The number of nitrogens with one attached hydrogen (secondary N) is 3. The van der Waals surface area contributed by atoms with Crippen LogP contribution in [0.15, 0.2) is 48.7 Å². The molecule has 3 rings (SSSR count). The van der Waals surface area contributed by atoms with Crippen LogP contribution in [0.2, 0.25) is 5.02 Å². The highest BCUT2D eigenvalue weighted by Gasteiger charge is 2.24. The Labute approximate surface area is 178 Å². The molecule has 156 valence electrons. The molecule has 0 aliphatic heterocycles. The Morgan fingerprint density at radius 3 is 2.67 bits per heavy atom. The van der Waals surface area contributed by atoms with E-state index >= 15 is 0 Å². The molecule has 8 heteroatoms. The van der Waals surface area contributed by atoms with Gasteiger partial charge in [-0.15, -0.1) is 0 Å². The van der Waals surface area contributed by atoms with Gasteiger partial charge < -0.3 is 20.4 Å². The average molecular weight is 428 g/mol. The number of ether oxygens (including phenoxy) is 1. The van der Waals surface area contributed by atoms with E-state index in [1.807, 2.05) is 37.3 Å². The van der Waals surface area contributed by atoms with Crippen molar-refractivity contribution in [3.8, 4) is 0 Å². The third-order valence-corrected chi connectivity index (χ3v) is 4.82. The van der Waals surface area contributed by atoms with Crippen LogP contribution in [0, 0.1) is 6.92 Å². The summed E-state index contributed by atoms with van der Waals surface area (Å²) in [6, 6.07) is 11.9. The molecule has 0 saturated carbocycles. The van der Waals surface area contributed by atoms with E-state index < -0.39 is 24.5 Å². The number of aryl methyl sites for hydroxylation is 1. The van der Waals surface area contributed by atoms with Crippen LogP contribution in [0.3, 0.4) is 0 Å². The minimum atomic E-state index is -0.919. The van der Waals surface area contributed by atoms with Crippen molar-refractivity contribution in [2.75, 3.05) is 11.9 Å². The second kappa shape index (κ2) is 9.45. The van der Waals surface area contributed by atoms with Gasteiger partial charge in [-0.05, 0) is 36.2 Å². The van der Waals surface area contributed by atoms with Crippen molar-refractivity contribution < 1.29 is 19.1 Å². The molecule has 7 nitrogen and oxygen atoms in total. The predicted molar refractivity (Wildman–Crippen MR) is 115 cm³/mol. The first-order valence-electron chi connectivity index (χ1n) is 9.38. The molecule has 0 bridgehead atoms. The van der Waals surface area contributed by atoms with Gasteiger partial charge in [-0.2, -0.15) is 0 Å². The summed E-state index contributed by atoms with van der Waals surface area (Å²) in [4.78, 5) is 39.4. The van der Waals surface area contributed by atoms with E-state index in [2.05, 4.69) is 15.6 Å². The van der Waals surface area contributed by atoms with Crippen LogP contribution < -0.4 is 10.6 Å². The van der Waals surface area contributed by atoms with Crippen molar-refractivity contribution in [2.24, 2.45) is 0 Å². The number of hydrogen-bond donors (Lipinski definition) is 3. The molecule has 3 N–H and O–H groups in total. The molecule has 0 saturated heterocycles. The Balaban J connectivity index is 1.63. The van der Waals surface area contributed by atoms with Gasteiger partial charge in [0, 0.05) is 30.4 Å². The number of H-pyrrole nitrogens is 1. The summed E-state index contributed by atoms with van der Waals surface area (Å²) in [7, 11) is 0. The highest BCUT2D eigenvalue weighted by Crippen LogP contribution is 2.22. The van der Waals surface area contributed by atoms with Crippen LogP contribution in [-0.2, 0) is 25.5 Å². The molecule has 1 atom stereocenters. The monoisotopic (exact) mass is 427 g/mol. The van der Waals surface area contributed by atoms with Crippen LogP contribution in [0.5, 0.6) is 0 Å². The third-order valence-electron chi connectivity index (χ3n) is 4.51.